The molecule has 0 atom stereocenters. The Kier molecular flexibility index (Phi) is 5.67. The Bertz CT molecular complexity index is 641. The average molecular weight is 320 g/mol. The molecule has 0 aromatic heterocycles. The molecule has 0 saturated heterocycles. The molecule has 0 saturated carbocycles. The number of ketones is 1. The van der Waals surface area contributed by atoms with Gasteiger partial charge in [0.25, 0.3) is 0 Å². The molecule has 2 rings (SSSR count). The minimum absolute atomic E-state index is 0.00852. The topological polar surface area (TPSA) is 47.6 Å². The summed E-state index contributed by atoms with van der Waals surface area (Å²) in [6.45, 7) is 2.58. The van der Waals surface area contributed by atoms with Crippen LogP contribution >= 0.6 is 11.6 Å². The van der Waals surface area contributed by atoms with Crippen LogP contribution in [0, 0.1) is 0 Å². The number of hydrogen-bond acceptors (Lipinski definition) is 4. The molecule has 4 nitrogen and oxygen atoms in total. The van der Waals surface area contributed by atoms with Crippen LogP contribution in [0.3, 0.4) is 0 Å². The summed E-state index contributed by atoms with van der Waals surface area (Å²) in [5.41, 5.74) is 1.36. The van der Waals surface area contributed by atoms with E-state index >= 15 is 0 Å². The van der Waals surface area contributed by atoms with E-state index < -0.39 is 0 Å². The van der Waals surface area contributed by atoms with Gasteiger partial charge in [0, 0.05) is 12.1 Å². The van der Waals surface area contributed by atoms with Crippen LogP contribution in [-0.4, -0.2) is 26.0 Å². The van der Waals surface area contributed by atoms with E-state index in [0.717, 1.165) is 17.2 Å². The maximum absolute atomic E-state index is 11.4. The molecular weight excluding hydrogens is 302 g/mol. The zero-order valence-corrected chi connectivity index (χ0v) is 13.3. The van der Waals surface area contributed by atoms with Crippen LogP contribution in [0.2, 0.25) is 5.02 Å². The molecule has 0 aliphatic heterocycles. The summed E-state index contributed by atoms with van der Waals surface area (Å²) in [5, 5.41) is 3.75. The van der Waals surface area contributed by atoms with Crippen molar-refractivity contribution in [3.05, 3.63) is 53.1 Å². The summed E-state index contributed by atoms with van der Waals surface area (Å²) in [6.07, 6.45) is 0. The fraction of sp³-hybridized carbons (Fsp3) is 0.235. The Balaban J connectivity index is 1.85. The Labute approximate surface area is 135 Å². The van der Waals surface area contributed by atoms with Crippen molar-refractivity contribution in [1.29, 1.82) is 0 Å². The van der Waals surface area contributed by atoms with Crippen LogP contribution in [0.4, 0.5) is 5.69 Å². The van der Waals surface area contributed by atoms with E-state index in [-0.39, 0.29) is 5.78 Å². The molecule has 22 heavy (non-hydrogen) atoms. The minimum atomic E-state index is 0.00852. The van der Waals surface area contributed by atoms with Crippen molar-refractivity contribution >= 4 is 23.1 Å². The smallest absolute Gasteiger partial charge is 0.159 e. The molecule has 0 amide bonds. The Morgan fingerprint density at radius 2 is 1.82 bits per heavy atom. The van der Waals surface area contributed by atoms with Gasteiger partial charge in [-0.25, -0.2) is 0 Å². The summed E-state index contributed by atoms with van der Waals surface area (Å²) < 4.78 is 10.7. The first-order valence-electron chi connectivity index (χ1n) is 6.91. The van der Waals surface area contributed by atoms with Crippen molar-refractivity contribution in [1.82, 2.24) is 0 Å². The molecule has 5 heteroatoms. The molecule has 0 fully saturated rings. The lowest BCUT2D eigenvalue weighted by Gasteiger charge is -2.11. The molecule has 0 heterocycles. The third-order valence-corrected chi connectivity index (χ3v) is 3.45. The molecule has 0 unspecified atom stereocenters. The first-order chi connectivity index (χ1) is 10.6. The monoisotopic (exact) mass is 319 g/mol. The maximum Gasteiger partial charge on any atom is 0.159 e. The fourth-order valence-electron chi connectivity index (χ4n) is 1.91. The van der Waals surface area contributed by atoms with Gasteiger partial charge < -0.3 is 14.8 Å². The van der Waals surface area contributed by atoms with Gasteiger partial charge in [0.1, 0.15) is 18.1 Å². The fourth-order valence-corrected chi connectivity index (χ4v) is 2.09. The van der Waals surface area contributed by atoms with Gasteiger partial charge in [-0.15, -0.1) is 0 Å². The van der Waals surface area contributed by atoms with Crippen LogP contribution in [-0.2, 0) is 0 Å². The number of methoxy groups -OCH3 is 1. The highest BCUT2D eigenvalue weighted by atomic mass is 35.5. The van der Waals surface area contributed by atoms with Crippen molar-refractivity contribution in [3.8, 4) is 11.5 Å². The summed E-state index contributed by atoms with van der Waals surface area (Å²) >= 11 is 6.10. The molecule has 0 bridgehead atoms. The van der Waals surface area contributed by atoms with Gasteiger partial charge in [0.15, 0.2) is 5.78 Å². The first kappa shape index (κ1) is 16.2. The largest absolute Gasteiger partial charge is 0.497 e. The highest BCUT2D eigenvalue weighted by molar-refractivity contribution is 6.33. The molecule has 0 spiro atoms. The van der Waals surface area contributed by atoms with E-state index in [1.165, 1.54) is 6.92 Å². The van der Waals surface area contributed by atoms with Crippen molar-refractivity contribution < 1.29 is 14.3 Å². The van der Waals surface area contributed by atoms with Gasteiger partial charge in [0.2, 0.25) is 0 Å². The second-order valence-electron chi connectivity index (χ2n) is 4.70. The normalized spacial score (nSPS) is 10.1. The molecule has 0 radical (unpaired) electrons. The highest BCUT2D eigenvalue weighted by Crippen LogP contribution is 2.23. The van der Waals surface area contributed by atoms with Gasteiger partial charge in [0.05, 0.1) is 17.8 Å². The molecule has 2 aromatic rings. The van der Waals surface area contributed by atoms with E-state index in [4.69, 9.17) is 21.1 Å². The zero-order valence-electron chi connectivity index (χ0n) is 12.6. The number of hydrogen-bond donors (Lipinski definition) is 1. The SMILES string of the molecule is COc1ccc(OCCNc2cc(C(C)=O)ccc2Cl)cc1. The molecule has 1 N–H and O–H groups in total. The van der Waals surface area contributed by atoms with Gasteiger partial charge in [-0.05, 0) is 49.4 Å². The predicted molar refractivity (Wildman–Crippen MR) is 88.4 cm³/mol. The van der Waals surface area contributed by atoms with E-state index in [1.807, 2.05) is 24.3 Å². The van der Waals surface area contributed by atoms with E-state index in [2.05, 4.69) is 5.32 Å². The van der Waals surface area contributed by atoms with Crippen LogP contribution < -0.4 is 14.8 Å². The number of Topliss-reactive ketones (excluding diaryl/α,β-unsaturated/α-hetero) is 1. The van der Waals surface area contributed by atoms with Crippen LogP contribution in [0.5, 0.6) is 11.5 Å². The third kappa shape index (κ3) is 4.40. The minimum Gasteiger partial charge on any atom is -0.497 e. The summed E-state index contributed by atoms with van der Waals surface area (Å²) in [7, 11) is 1.62. The van der Waals surface area contributed by atoms with Gasteiger partial charge in [-0.3, -0.25) is 4.79 Å². The van der Waals surface area contributed by atoms with Crippen LogP contribution in [0.15, 0.2) is 42.5 Å². The number of anilines is 1. The standard InChI is InChI=1S/C17H18ClNO3/c1-12(20)13-3-8-16(18)17(11-13)19-9-10-22-15-6-4-14(21-2)5-7-15/h3-8,11,19H,9-10H2,1-2H3. The van der Waals surface area contributed by atoms with Crippen LogP contribution in [0.25, 0.3) is 0 Å². The number of benzene rings is 2. The molecular formula is C17H18ClNO3. The summed E-state index contributed by atoms with van der Waals surface area (Å²) in [5.74, 6) is 1.57. The van der Waals surface area contributed by atoms with Crippen molar-refractivity contribution in [2.24, 2.45) is 0 Å². The lowest BCUT2D eigenvalue weighted by atomic mass is 10.1. The number of rotatable bonds is 7. The molecule has 0 aliphatic rings. The Morgan fingerprint density at radius 1 is 1.14 bits per heavy atom. The van der Waals surface area contributed by atoms with Crippen molar-refractivity contribution in [2.45, 2.75) is 6.92 Å². The zero-order chi connectivity index (χ0) is 15.9. The first-order valence-corrected chi connectivity index (χ1v) is 7.29. The lowest BCUT2D eigenvalue weighted by Crippen LogP contribution is -2.12. The number of halogens is 1. The molecule has 2 aromatic carbocycles. The van der Waals surface area contributed by atoms with Gasteiger partial charge in [-0.1, -0.05) is 11.6 Å². The number of ether oxygens (including phenoxy) is 2. The summed E-state index contributed by atoms with van der Waals surface area (Å²) in [4.78, 5) is 11.4. The quantitative estimate of drug-likeness (QED) is 0.618. The maximum atomic E-state index is 11.4. The second kappa shape index (κ2) is 7.71. The molecule has 0 aliphatic carbocycles. The average Bonchev–Trinajstić information content (AvgIpc) is 2.53. The lowest BCUT2D eigenvalue weighted by molar-refractivity contribution is 0.101. The van der Waals surface area contributed by atoms with E-state index in [1.54, 1.807) is 25.3 Å². The van der Waals surface area contributed by atoms with Gasteiger partial charge >= 0.3 is 0 Å². The van der Waals surface area contributed by atoms with E-state index in [9.17, 15) is 4.79 Å². The highest BCUT2D eigenvalue weighted by Gasteiger charge is 2.05. The Hall–Kier alpha value is -2.20. The predicted octanol–water partition coefficient (Wildman–Crippen LogP) is 4.04. The van der Waals surface area contributed by atoms with Gasteiger partial charge in [-0.2, -0.15) is 0 Å². The third-order valence-electron chi connectivity index (χ3n) is 3.12. The van der Waals surface area contributed by atoms with Crippen molar-refractivity contribution in [2.75, 3.05) is 25.6 Å². The van der Waals surface area contributed by atoms with Crippen LogP contribution in [0.1, 0.15) is 17.3 Å². The number of carbonyl (C=O) groups is 1. The summed E-state index contributed by atoms with van der Waals surface area (Å²) in [6, 6.07) is 12.6. The van der Waals surface area contributed by atoms with Crippen molar-refractivity contribution in [3.63, 3.8) is 0 Å². The number of carbonyl (C=O) groups excluding carboxylic acids is 1. The Morgan fingerprint density at radius 3 is 2.45 bits per heavy atom. The molecule has 116 valence electrons. The van der Waals surface area contributed by atoms with E-state index in [0.29, 0.717) is 23.7 Å². The second-order valence-corrected chi connectivity index (χ2v) is 5.11. The number of nitrogens with one attached hydrogen (secondary N) is 1.